The van der Waals surface area contributed by atoms with Gasteiger partial charge in [-0.25, -0.2) is 8.96 Å². The van der Waals surface area contributed by atoms with Crippen LogP contribution in [-0.2, 0) is 13.0 Å². The molecule has 31 heavy (non-hydrogen) atoms. The summed E-state index contributed by atoms with van der Waals surface area (Å²) in [4.78, 5) is 13.0. The Balaban J connectivity index is 1.64. The maximum atomic E-state index is 14.1. The number of aromatic nitrogens is 4. The predicted octanol–water partition coefficient (Wildman–Crippen LogP) is 4.03. The molecular weight excluding hydrogens is 441 g/mol. The maximum absolute atomic E-state index is 14.1. The maximum Gasteiger partial charge on any atom is 0.294 e. The molecule has 0 bridgehead atoms. The summed E-state index contributed by atoms with van der Waals surface area (Å²) >= 11 is 7.22. The fraction of sp³-hybridized carbons (Fsp3) is 0.190. The molecule has 2 heterocycles. The second kappa shape index (κ2) is 8.99. The second-order valence-electron chi connectivity index (χ2n) is 6.67. The Kier molecular flexibility index (Phi) is 6.15. The first kappa shape index (κ1) is 21.2. The number of H-pyrrole nitrogens is 1. The highest BCUT2D eigenvalue weighted by Crippen LogP contribution is 2.36. The molecule has 0 saturated carbocycles. The number of benzene rings is 2. The molecule has 3 N–H and O–H groups in total. The van der Waals surface area contributed by atoms with E-state index in [-0.39, 0.29) is 5.82 Å². The third kappa shape index (κ3) is 4.52. The lowest BCUT2D eigenvalue weighted by atomic mass is 10.1. The zero-order valence-corrected chi connectivity index (χ0v) is 18.4. The number of imidazole rings is 1. The molecule has 0 atom stereocenters. The highest BCUT2D eigenvalue weighted by atomic mass is 35.5. The van der Waals surface area contributed by atoms with Crippen molar-refractivity contribution in [1.82, 2.24) is 15.0 Å². The monoisotopic (exact) mass is 460 g/mol. The fourth-order valence-electron chi connectivity index (χ4n) is 3.13. The molecule has 2 aromatic carbocycles. The lowest BCUT2D eigenvalue weighted by molar-refractivity contribution is -0.675. The van der Waals surface area contributed by atoms with Crippen molar-refractivity contribution in [2.75, 3.05) is 20.0 Å². The molecule has 10 heteroatoms. The number of aryl methyl sites for hydroxylation is 2. The topological polar surface area (TPSA) is 89.9 Å². The van der Waals surface area contributed by atoms with Gasteiger partial charge in [-0.05, 0) is 47.7 Å². The number of hydrogen-bond acceptors (Lipinski definition) is 6. The van der Waals surface area contributed by atoms with E-state index >= 15 is 0 Å². The molecule has 160 valence electrons. The Hall–Kier alpha value is -3.04. The molecule has 4 aromatic rings. The van der Waals surface area contributed by atoms with Crippen molar-refractivity contribution >= 4 is 40.3 Å². The van der Waals surface area contributed by atoms with Crippen LogP contribution in [0.3, 0.4) is 0 Å². The summed E-state index contributed by atoms with van der Waals surface area (Å²) in [6.45, 7) is 0.472. The number of nitrogen functional groups attached to an aromatic ring is 1. The lowest BCUT2D eigenvalue weighted by Crippen LogP contribution is -2.36. The van der Waals surface area contributed by atoms with E-state index in [2.05, 4.69) is 15.0 Å². The van der Waals surface area contributed by atoms with Crippen molar-refractivity contribution in [3.8, 4) is 11.5 Å². The van der Waals surface area contributed by atoms with Crippen LogP contribution >= 0.6 is 23.4 Å². The van der Waals surface area contributed by atoms with E-state index in [0.29, 0.717) is 57.2 Å². The zero-order chi connectivity index (χ0) is 22.0. The van der Waals surface area contributed by atoms with Gasteiger partial charge in [-0.1, -0.05) is 27.6 Å². The van der Waals surface area contributed by atoms with Gasteiger partial charge in [0.25, 0.3) is 5.65 Å². The van der Waals surface area contributed by atoms with E-state index in [9.17, 15) is 4.39 Å². The number of nitrogens with one attached hydrogen (secondary N) is 1. The Bertz CT molecular complexity index is 1250. The van der Waals surface area contributed by atoms with Gasteiger partial charge in [-0.2, -0.15) is 0 Å². The van der Waals surface area contributed by atoms with Crippen molar-refractivity contribution in [2.45, 2.75) is 23.0 Å². The van der Waals surface area contributed by atoms with Gasteiger partial charge in [0.1, 0.15) is 17.3 Å². The van der Waals surface area contributed by atoms with Crippen molar-refractivity contribution in [3.05, 3.63) is 59.1 Å². The predicted molar refractivity (Wildman–Crippen MR) is 117 cm³/mol. The van der Waals surface area contributed by atoms with Crippen LogP contribution in [-0.4, -0.2) is 29.2 Å². The number of methoxy groups -OCH3 is 2. The molecule has 0 amide bonds. The first-order valence-electron chi connectivity index (χ1n) is 9.36. The van der Waals surface area contributed by atoms with E-state index in [1.807, 2.05) is 22.8 Å². The molecule has 4 rings (SSSR count). The summed E-state index contributed by atoms with van der Waals surface area (Å²) in [5.74, 6) is 1.40. The number of nitrogens with zero attached hydrogens (tertiary/aromatic N) is 3. The Labute approximate surface area is 187 Å². The van der Waals surface area contributed by atoms with Crippen molar-refractivity contribution in [2.24, 2.45) is 0 Å². The molecule has 0 radical (unpaired) electrons. The number of halogens is 2. The van der Waals surface area contributed by atoms with Gasteiger partial charge in [0, 0.05) is 11.4 Å². The summed E-state index contributed by atoms with van der Waals surface area (Å²) in [6, 6.07) is 10.2. The zero-order valence-electron chi connectivity index (χ0n) is 16.9. The van der Waals surface area contributed by atoms with Gasteiger partial charge in [-0.3, -0.25) is 0 Å². The van der Waals surface area contributed by atoms with Crippen LogP contribution in [0.4, 0.5) is 10.2 Å². The standard InChI is InChI=1S/C21H19ClFN5O2S/c1-29-14-5-6-16(30-2)17(10-14)31-21-26-18-19(24)25-11-28(20(18)27-21)8-7-12-3-4-13(22)9-15(12)23/h3-6,9-11H,7-8H2,1-2H3,(H2,24,26,27)/p+1. The first-order chi connectivity index (χ1) is 15.0. The average Bonchev–Trinajstić information content (AvgIpc) is 3.19. The summed E-state index contributed by atoms with van der Waals surface area (Å²) in [7, 11) is 3.21. The molecule has 2 aromatic heterocycles. The van der Waals surface area contributed by atoms with Gasteiger partial charge in [-0.15, -0.1) is 0 Å². The van der Waals surface area contributed by atoms with Crippen molar-refractivity contribution in [1.29, 1.82) is 0 Å². The minimum Gasteiger partial charge on any atom is -0.497 e. The van der Waals surface area contributed by atoms with Crippen LogP contribution < -0.4 is 19.8 Å². The molecule has 7 nitrogen and oxygen atoms in total. The van der Waals surface area contributed by atoms with E-state index in [1.165, 1.54) is 17.8 Å². The van der Waals surface area contributed by atoms with E-state index in [1.54, 1.807) is 32.7 Å². The largest absolute Gasteiger partial charge is 0.497 e. The van der Waals surface area contributed by atoms with Crippen LogP contribution in [0.25, 0.3) is 11.2 Å². The van der Waals surface area contributed by atoms with Gasteiger partial charge < -0.3 is 20.2 Å². The molecule has 0 saturated heterocycles. The van der Waals surface area contributed by atoms with Crippen LogP contribution in [0.1, 0.15) is 5.56 Å². The number of hydrogen-bond donors (Lipinski definition) is 2. The number of nitrogens with two attached hydrogens (primary N) is 1. The van der Waals surface area contributed by atoms with Crippen molar-refractivity contribution < 1.29 is 18.4 Å². The smallest absolute Gasteiger partial charge is 0.294 e. The first-order valence-corrected chi connectivity index (χ1v) is 10.6. The average molecular weight is 461 g/mol. The normalized spacial score (nSPS) is 11.1. The summed E-state index contributed by atoms with van der Waals surface area (Å²) in [5.41, 5.74) is 7.87. The Morgan fingerprint density at radius 2 is 2.03 bits per heavy atom. The number of rotatable bonds is 7. The van der Waals surface area contributed by atoms with Gasteiger partial charge in [0.05, 0.1) is 25.7 Å². The number of fused-ring (bicyclic) bond motifs is 1. The van der Waals surface area contributed by atoms with Crippen LogP contribution in [0, 0.1) is 5.82 Å². The molecular formula is C21H20ClFN5O2S+. The molecule has 0 aliphatic carbocycles. The quantitative estimate of drug-likeness (QED) is 0.405. The SMILES string of the molecule is COc1ccc(OC)c(Sc2nc3c([nH]2)c(N)nc[n+]3CCc2ccc(Cl)cc2F)c1. The number of ether oxygens (including phenoxy) is 2. The molecule has 0 unspecified atom stereocenters. The highest BCUT2D eigenvalue weighted by molar-refractivity contribution is 7.99. The molecule has 0 fully saturated rings. The summed E-state index contributed by atoms with van der Waals surface area (Å²) < 4.78 is 26.7. The van der Waals surface area contributed by atoms with Gasteiger partial charge in [0.15, 0.2) is 5.52 Å². The van der Waals surface area contributed by atoms with Gasteiger partial charge in [0.2, 0.25) is 17.3 Å². The lowest BCUT2D eigenvalue weighted by Gasteiger charge is -2.07. The fourth-order valence-corrected chi connectivity index (χ4v) is 4.20. The number of aromatic amines is 1. The van der Waals surface area contributed by atoms with Gasteiger partial charge >= 0.3 is 0 Å². The summed E-state index contributed by atoms with van der Waals surface area (Å²) in [5, 5.41) is 0.986. The molecule has 0 aliphatic rings. The van der Waals surface area contributed by atoms with Crippen LogP contribution in [0.5, 0.6) is 11.5 Å². The Morgan fingerprint density at radius 3 is 2.77 bits per heavy atom. The molecule has 0 spiro atoms. The van der Waals surface area contributed by atoms with E-state index < -0.39 is 0 Å². The number of anilines is 1. The Morgan fingerprint density at radius 1 is 1.19 bits per heavy atom. The van der Waals surface area contributed by atoms with E-state index in [4.69, 9.17) is 26.8 Å². The third-order valence-corrected chi connectivity index (χ3v) is 5.90. The molecule has 0 aliphatic heterocycles. The summed E-state index contributed by atoms with van der Waals surface area (Å²) in [6.07, 6.45) is 2.06. The van der Waals surface area contributed by atoms with Crippen LogP contribution in [0.2, 0.25) is 5.02 Å². The minimum absolute atomic E-state index is 0.334. The van der Waals surface area contributed by atoms with Crippen LogP contribution in [0.15, 0.2) is 52.8 Å². The van der Waals surface area contributed by atoms with E-state index in [0.717, 1.165) is 4.90 Å². The second-order valence-corrected chi connectivity index (χ2v) is 8.14. The minimum atomic E-state index is -0.337. The highest BCUT2D eigenvalue weighted by Gasteiger charge is 2.20. The van der Waals surface area contributed by atoms with Crippen molar-refractivity contribution in [3.63, 3.8) is 0 Å². The third-order valence-electron chi connectivity index (χ3n) is 4.74.